The third-order valence-electron chi connectivity index (χ3n) is 6.43. The fourth-order valence-electron chi connectivity index (χ4n) is 4.66. The van der Waals surface area contributed by atoms with Gasteiger partial charge in [0.2, 0.25) is 0 Å². The van der Waals surface area contributed by atoms with E-state index in [4.69, 9.17) is 4.74 Å². The van der Waals surface area contributed by atoms with Crippen LogP contribution < -0.4 is 0 Å². The normalized spacial score (nSPS) is 15.2. The summed E-state index contributed by atoms with van der Waals surface area (Å²) < 4.78 is 5.56. The number of nitrogens with one attached hydrogen (secondary N) is 1. The first-order chi connectivity index (χ1) is 16.3. The Kier molecular flexibility index (Phi) is 6.51. The average molecular weight is 440 g/mol. The third-order valence-corrected chi connectivity index (χ3v) is 6.43. The number of piperazine rings is 1. The van der Waals surface area contributed by atoms with Crippen LogP contribution in [0.2, 0.25) is 0 Å². The molecule has 1 aliphatic rings. The molecule has 0 bridgehead atoms. The summed E-state index contributed by atoms with van der Waals surface area (Å²) in [4.78, 5) is 20.5. The molecule has 0 atom stereocenters. The molecule has 1 aliphatic heterocycles. The first-order valence-corrected chi connectivity index (χ1v) is 11.6. The van der Waals surface area contributed by atoms with Crippen molar-refractivity contribution in [2.24, 2.45) is 0 Å². The minimum absolute atomic E-state index is 0.259. The Balaban J connectivity index is 1.15. The zero-order valence-electron chi connectivity index (χ0n) is 18.7. The molecule has 3 aromatic carbocycles. The number of nitrogens with zero attached hydrogens (tertiary/aromatic N) is 2. The number of carbonyl (C=O) groups excluding carboxylic acids is 1. The van der Waals surface area contributed by atoms with Crippen molar-refractivity contribution < 1.29 is 9.53 Å². The van der Waals surface area contributed by atoms with Gasteiger partial charge in [0, 0.05) is 49.8 Å². The molecule has 0 radical (unpaired) electrons. The van der Waals surface area contributed by atoms with Gasteiger partial charge in [0.25, 0.3) is 0 Å². The van der Waals surface area contributed by atoms with E-state index in [0.717, 1.165) is 43.6 Å². The van der Waals surface area contributed by atoms with Gasteiger partial charge in [-0.1, -0.05) is 60.7 Å². The second kappa shape index (κ2) is 10.0. The minimum atomic E-state index is -0.259. The molecule has 1 saturated heterocycles. The first-order valence-electron chi connectivity index (χ1n) is 11.6. The van der Waals surface area contributed by atoms with E-state index in [0.29, 0.717) is 12.2 Å². The summed E-state index contributed by atoms with van der Waals surface area (Å²) >= 11 is 0. The number of fused-ring (bicyclic) bond motifs is 1. The van der Waals surface area contributed by atoms with Crippen LogP contribution in [-0.2, 0) is 4.74 Å². The number of H-pyrrole nitrogens is 1. The minimum Gasteiger partial charge on any atom is -0.461 e. The van der Waals surface area contributed by atoms with Crippen molar-refractivity contribution in [1.29, 1.82) is 0 Å². The van der Waals surface area contributed by atoms with Crippen LogP contribution in [-0.4, -0.2) is 60.1 Å². The van der Waals surface area contributed by atoms with Crippen molar-refractivity contribution >= 4 is 16.9 Å². The van der Waals surface area contributed by atoms with Gasteiger partial charge in [-0.3, -0.25) is 9.80 Å². The number of carbonyl (C=O) groups is 1. The third kappa shape index (κ3) is 5.00. The van der Waals surface area contributed by atoms with Gasteiger partial charge in [0.1, 0.15) is 6.61 Å². The van der Waals surface area contributed by atoms with Crippen LogP contribution in [0.3, 0.4) is 0 Å². The number of ether oxygens (including phenoxy) is 1. The van der Waals surface area contributed by atoms with Crippen molar-refractivity contribution in [3.8, 4) is 0 Å². The Morgan fingerprint density at radius 3 is 2.18 bits per heavy atom. The average Bonchev–Trinajstić information content (AvgIpc) is 3.34. The van der Waals surface area contributed by atoms with E-state index in [2.05, 4.69) is 75.4 Å². The van der Waals surface area contributed by atoms with Crippen molar-refractivity contribution in [3.05, 3.63) is 108 Å². The lowest BCUT2D eigenvalue weighted by Gasteiger charge is -2.39. The Labute approximate surface area is 194 Å². The molecule has 1 N–H and O–H groups in total. The molecule has 0 aliphatic carbocycles. The van der Waals surface area contributed by atoms with E-state index in [9.17, 15) is 4.79 Å². The van der Waals surface area contributed by atoms with Crippen LogP contribution in [0.15, 0.2) is 91.1 Å². The lowest BCUT2D eigenvalue weighted by molar-refractivity contribution is 0.0407. The molecule has 0 spiro atoms. The first kappa shape index (κ1) is 21.4. The van der Waals surface area contributed by atoms with Crippen molar-refractivity contribution in [2.75, 3.05) is 39.3 Å². The standard InChI is InChI=1S/C28H29N3O2/c32-28(25-11-12-26-24(21-25)13-14-29-26)33-20-19-30-15-17-31(18-16-30)27(22-7-3-1-4-8-22)23-9-5-2-6-10-23/h1-14,21,27,29H,15-20H2. The summed E-state index contributed by atoms with van der Waals surface area (Å²) in [5.74, 6) is -0.259. The summed E-state index contributed by atoms with van der Waals surface area (Å²) in [6, 6.07) is 29.3. The van der Waals surface area contributed by atoms with Gasteiger partial charge >= 0.3 is 5.97 Å². The molecule has 4 aromatic rings. The number of aromatic nitrogens is 1. The van der Waals surface area contributed by atoms with Crippen LogP contribution in [0.4, 0.5) is 0 Å². The molecule has 2 heterocycles. The lowest BCUT2D eigenvalue weighted by atomic mass is 9.96. The number of aromatic amines is 1. The van der Waals surface area contributed by atoms with Gasteiger partial charge in [-0.25, -0.2) is 4.79 Å². The summed E-state index contributed by atoms with van der Waals surface area (Å²) in [5.41, 5.74) is 4.27. The number of hydrogen-bond donors (Lipinski definition) is 1. The van der Waals surface area contributed by atoms with Crippen molar-refractivity contribution in [3.63, 3.8) is 0 Å². The molecule has 5 rings (SSSR count). The molecule has 1 aromatic heterocycles. The molecule has 33 heavy (non-hydrogen) atoms. The van der Waals surface area contributed by atoms with E-state index in [1.165, 1.54) is 11.1 Å². The molecular formula is C28H29N3O2. The van der Waals surface area contributed by atoms with E-state index in [-0.39, 0.29) is 12.0 Å². The van der Waals surface area contributed by atoms with E-state index < -0.39 is 0 Å². The molecule has 5 nitrogen and oxygen atoms in total. The number of esters is 1. The Bertz CT molecular complexity index is 1140. The van der Waals surface area contributed by atoms with Crippen molar-refractivity contribution in [2.45, 2.75) is 6.04 Å². The zero-order chi connectivity index (χ0) is 22.5. The molecule has 0 saturated carbocycles. The van der Waals surface area contributed by atoms with Gasteiger partial charge in [-0.05, 0) is 35.4 Å². The monoisotopic (exact) mass is 439 g/mol. The Morgan fingerprint density at radius 2 is 1.52 bits per heavy atom. The quantitative estimate of drug-likeness (QED) is 0.423. The van der Waals surface area contributed by atoms with Crippen LogP contribution in [0.5, 0.6) is 0 Å². The Hall–Kier alpha value is -3.41. The molecule has 0 amide bonds. The lowest BCUT2D eigenvalue weighted by Crippen LogP contribution is -2.48. The summed E-state index contributed by atoms with van der Waals surface area (Å²) in [6.07, 6.45) is 1.87. The maximum absolute atomic E-state index is 12.4. The fraction of sp³-hybridized carbons (Fsp3) is 0.250. The summed E-state index contributed by atoms with van der Waals surface area (Å²) in [5, 5.41) is 1.02. The maximum atomic E-state index is 12.4. The predicted octanol–water partition coefficient (Wildman–Crippen LogP) is 4.73. The van der Waals surface area contributed by atoms with Gasteiger partial charge in [-0.15, -0.1) is 0 Å². The van der Waals surface area contributed by atoms with Gasteiger partial charge in [-0.2, -0.15) is 0 Å². The molecule has 168 valence electrons. The number of rotatable bonds is 7. The van der Waals surface area contributed by atoms with Crippen LogP contribution in [0.25, 0.3) is 10.9 Å². The van der Waals surface area contributed by atoms with Crippen LogP contribution >= 0.6 is 0 Å². The zero-order valence-corrected chi connectivity index (χ0v) is 18.7. The molecule has 1 fully saturated rings. The number of hydrogen-bond acceptors (Lipinski definition) is 4. The smallest absolute Gasteiger partial charge is 0.338 e. The van der Waals surface area contributed by atoms with E-state index >= 15 is 0 Å². The topological polar surface area (TPSA) is 48.6 Å². The van der Waals surface area contributed by atoms with Gasteiger partial charge in [0.15, 0.2) is 0 Å². The van der Waals surface area contributed by atoms with Gasteiger partial charge in [0.05, 0.1) is 11.6 Å². The van der Waals surface area contributed by atoms with Crippen LogP contribution in [0.1, 0.15) is 27.5 Å². The SMILES string of the molecule is O=C(OCCN1CCN(C(c2ccccc2)c2ccccc2)CC1)c1ccc2[nH]ccc2c1. The van der Waals surface area contributed by atoms with E-state index in [1.54, 1.807) is 0 Å². The van der Waals surface area contributed by atoms with Gasteiger partial charge < -0.3 is 9.72 Å². The fourth-order valence-corrected chi connectivity index (χ4v) is 4.66. The molecular weight excluding hydrogens is 410 g/mol. The second-order valence-electron chi connectivity index (χ2n) is 8.52. The highest BCUT2D eigenvalue weighted by molar-refractivity contribution is 5.94. The Morgan fingerprint density at radius 1 is 0.848 bits per heavy atom. The summed E-state index contributed by atoms with van der Waals surface area (Å²) in [6.45, 7) is 5.04. The highest BCUT2D eigenvalue weighted by atomic mass is 16.5. The maximum Gasteiger partial charge on any atom is 0.338 e. The summed E-state index contributed by atoms with van der Waals surface area (Å²) in [7, 11) is 0. The van der Waals surface area contributed by atoms with Crippen LogP contribution in [0, 0.1) is 0 Å². The molecule has 5 heteroatoms. The molecule has 0 unspecified atom stereocenters. The van der Waals surface area contributed by atoms with E-state index in [1.807, 2.05) is 30.5 Å². The largest absolute Gasteiger partial charge is 0.461 e. The highest BCUT2D eigenvalue weighted by Crippen LogP contribution is 2.29. The highest BCUT2D eigenvalue weighted by Gasteiger charge is 2.26. The second-order valence-corrected chi connectivity index (χ2v) is 8.52. The number of benzene rings is 3. The predicted molar refractivity (Wildman–Crippen MR) is 131 cm³/mol. The van der Waals surface area contributed by atoms with Crippen molar-refractivity contribution in [1.82, 2.24) is 14.8 Å².